The first-order valence-electron chi connectivity index (χ1n) is 4.84. The highest BCUT2D eigenvalue weighted by Crippen LogP contribution is 2.15. The summed E-state index contributed by atoms with van der Waals surface area (Å²) < 4.78 is 3.67. The van der Waals surface area contributed by atoms with Gasteiger partial charge in [0.1, 0.15) is 0 Å². The van der Waals surface area contributed by atoms with Crippen LogP contribution < -0.4 is 5.73 Å². The SMILES string of the molecule is COC(=O)O.NC(CCO)(CCO)CCO. The van der Waals surface area contributed by atoms with Crippen molar-refractivity contribution in [2.24, 2.45) is 5.73 Å². The summed E-state index contributed by atoms with van der Waals surface area (Å²) in [5.41, 5.74) is 5.15. The Labute approximate surface area is 94.5 Å². The van der Waals surface area contributed by atoms with Gasteiger partial charge in [0, 0.05) is 25.4 Å². The number of nitrogens with two attached hydrogens (primary N) is 1. The Morgan fingerprint density at radius 3 is 1.50 bits per heavy atom. The molecule has 0 aromatic rings. The minimum atomic E-state index is -1.25. The molecule has 0 unspecified atom stereocenters. The lowest BCUT2D eigenvalue weighted by Gasteiger charge is -2.26. The van der Waals surface area contributed by atoms with Gasteiger partial charge in [-0.05, 0) is 19.3 Å². The topological polar surface area (TPSA) is 133 Å². The van der Waals surface area contributed by atoms with Crippen molar-refractivity contribution in [1.29, 1.82) is 0 Å². The summed E-state index contributed by atoms with van der Waals surface area (Å²) in [6.45, 7) is -0.0104. The fraction of sp³-hybridized carbons (Fsp3) is 0.889. The first-order chi connectivity index (χ1) is 7.45. The molecule has 0 bridgehead atoms. The molecule has 0 radical (unpaired) electrons. The highest BCUT2D eigenvalue weighted by atomic mass is 16.6. The molecule has 0 aliphatic heterocycles. The highest BCUT2D eigenvalue weighted by Gasteiger charge is 2.22. The van der Waals surface area contributed by atoms with Crippen molar-refractivity contribution in [1.82, 2.24) is 0 Å². The number of hydrogen-bond acceptors (Lipinski definition) is 6. The monoisotopic (exact) mass is 239 g/mol. The Hall–Kier alpha value is -0.890. The normalized spacial score (nSPS) is 10.3. The molecule has 0 fully saturated rings. The van der Waals surface area contributed by atoms with Gasteiger partial charge in [-0.2, -0.15) is 0 Å². The molecule has 0 aliphatic carbocycles. The minimum Gasteiger partial charge on any atom is -0.450 e. The molecule has 0 rings (SSSR count). The van der Waals surface area contributed by atoms with E-state index in [2.05, 4.69) is 4.74 Å². The van der Waals surface area contributed by atoms with E-state index in [1.165, 1.54) is 0 Å². The second-order valence-electron chi connectivity index (χ2n) is 3.25. The van der Waals surface area contributed by atoms with Gasteiger partial charge in [-0.15, -0.1) is 0 Å². The lowest BCUT2D eigenvalue weighted by Crippen LogP contribution is -2.42. The van der Waals surface area contributed by atoms with Crippen molar-refractivity contribution in [2.45, 2.75) is 24.8 Å². The molecule has 0 aromatic heterocycles. The molecule has 16 heavy (non-hydrogen) atoms. The van der Waals surface area contributed by atoms with Crippen molar-refractivity contribution in [3.63, 3.8) is 0 Å². The van der Waals surface area contributed by atoms with E-state index in [1.54, 1.807) is 0 Å². The molecule has 0 amide bonds. The van der Waals surface area contributed by atoms with E-state index < -0.39 is 11.7 Å². The predicted molar refractivity (Wildman–Crippen MR) is 57.1 cm³/mol. The minimum absolute atomic E-state index is 0.00347. The average molecular weight is 239 g/mol. The van der Waals surface area contributed by atoms with E-state index in [4.69, 9.17) is 31.0 Å². The van der Waals surface area contributed by atoms with Crippen molar-refractivity contribution in [2.75, 3.05) is 26.9 Å². The third kappa shape index (κ3) is 11.2. The molecule has 0 heterocycles. The lowest BCUT2D eigenvalue weighted by molar-refractivity contribution is 0.113. The second kappa shape index (κ2) is 10.6. The molecular formula is C9H21NO6. The van der Waals surface area contributed by atoms with Gasteiger partial charge in [-0.25, -0.2) is 4.79 Å². The third-order valence-corrected chi connectivity index (χ3v) is 2.00. The lowest BCUT2D eigenvalue weighted by atomic mass is 9.90. The maximum atomic E-state index is 9.15. The van der Waals surface area contributed by atoms with Crippen LogP contribution in [0.5, 0.6) is 0 Å². The molecule has 0 atom stereocenters. The summed E-state index contributed by atoms with van der Waals surface area (Å²) in [7, 11) is 1.10. The summed E-state index contributed by atoms with van der Waals surface area (Å²) in [5.74, 6) is 0. The van der Waals surface area contributed by atoms with Crippen LogP contribution in [0.3, 0.4) is 0 Å². The molecule has 0 saturated heterocycles. The van der Waals surface area contributed by atoms with E-state index in [0.717, 1.165) is 7.11 Å². The van der Waals surface area contributed by atoms with Crippen molar-refractivity contribution >= 4 is 6.16 Å². The van der Waals surface area contributed by atoms with Gasteiger partial charge in [0.25, 0.3) is 0 Å². The second-order valence-corrected chi connectivity index (χ2v) is 3.25. The van der Waals surface area contributed by atoms with Crippen molar-refractivity contribution in [3.8, 4) is 0 Å². The van der Waals surface area contributed by atoms with E-state index in [0.29, 0.717) is 19.3 Å². The third-order valence-electron chi connectivity index (χ3n) is 2.00. The van der Waals surface area contributed by atoms with E-state index in [1.807, 2.05) is 0 Å². The van der Waals surface area contributed by atoms with Crippen LogP contribution in [0.1, 0.15) is 19.3 Å². The Morgan fingerprint density at radius 1 is 1.12 bits per heavy atom. The van der Waals surface area contributed by atoms with Crippen LogP contribution in [0.25, 0.3) is 0 Å². The average Bonchev–Trinajstić information content (AvgIpc) is 2.19. The van der Waals surface area contributed by atoms with Crippen LogP contribution in [0.4, 0.5) is 4.79 Å². The first kappa shape index (κ1) is 17.5. The highest BCUT2D eigenvalue weighted by molar-refractivity contribution is 5.56. The molecule has 7 nitrogen and oxygen atoms in total. The maximum absolute atomic E-state index is 9.15. The van der Waals surface area contributed by atoms with E-state index >= 15 is 0 Å². The Balaban J connectivity index is 0. The Kier molecular flexibility index (Phi) is 11.6. The zero-order valence-electron chi connectivity index (χ0n) is 9.43. The summed E-state index contributed by atoms with van der Waals surface area (Å²) in [5, 5.41) is 33.3. The zero-order chi connectivity index (χ0) is 13.0. The van der Waals surface area contributed by atoms with Crippen molar-refractivity contribution < 1.29 is 30.0 Å². The van der Waals surface area contributed by atoms with E-state index in [9.17, 15) is 0 Å². The first-order valence-corrected chi connectivity index (χ1v) is 4.84. The van der Waals surface area contributed by atoms with Gasteiger partial charge >= 0.3 is 6.16 Å². The van der Waals surface area contributed by atoms with Crippen LogP contribution in [-0.2, 0) is 4.74 Å². The molecule has 6 N–H and O–H groups in total. The summed E-state index contributed by atoms with van der Waals surface area (Å²) in [6.07, 6.45) is 0.0288. The zero-order valence-corrected chi connectivity index (χ0v) is 9.43. The van der Waals surface area contributed by atoms with Crippen LogP contribution in [-0.4, -0.2) is 59.1 Å². The largest absolute Gasteiger partial charge is 0.505 e. The number of ether oxygens (including phenoxy) is 1. The summed E-state index contributed by atoms with van der Waals surface area (Å²) in [6, 6.07) is 0. The molecule has 0 aromatic carbocycles. The van der Waals surface area contributed by atoms with Crippen LogP contribution >= 0.6 is 0 Å². The van der Waals surface area contributed by atoms with Gasteiger partial charge in [0.05, 0.1) is 7.11 Å². The number of methoxy groups -OCH3 is 1. The Bertz CT molecular complexity index is 158. The maximum Gasteiger partial charge on any atom is 0.505 e. The number of rotatable bonds is 6. The summed E-state index contributed by atoms with van der Waals surface area (Å²) in [4.78, 5) is 9.15. The van der Waals surface area contributed by atoms with Crippen LogP contribution in [0.15, 0.2) is 0 Å². The fourth-order valence-electron chi connectivity index (χ4n) is 1.04. The van der Waals surface area contributed by atoms with Crippen LogP contribution in [0.2, 0.25) is 0 Å². The standard InChI is InChI=1S/C7H17NO3.C2H4O3/c8-7(1-4-9,2-5-10)3-6-11;1-5-2(3)4/h9-11H,1-6,8H2;1H3,(H,3,4). The number of aliphatic hydroxyl groups is 3. The van der Waals surface area contributed by atoms with Gasteiger partial charge in [-0.1, -0.05) is 0 Å². The summed E-state index contributed by atoms with van der Waals surface area (Å²) >= 11 is 0. The molecular weight excluding hydrogens is 218 g/mol. The van der Waals surface area contributed by atoms with Crippen LogP contribution in [0, 0.1) is 0 Å². The molecule has 0 spiro atoms. The smallest absolute Gasteiger partial charge is 0.450 e. The quantitative estimate of drug-likeness (QED) is 0.381. The molecule has 0 saturated carbocycles. The predicted octanol–water partition coefficient (Wildman–Crippen LogP) is -0.858. The van der Waals surface area contributed by atoms with E-state index in [-0.39, 0.29) is 19.8 Å². The fourth-order valence-corrected chi connectivity index (χ4v) is 1.04. The molecule has 7 heteroatoms. The van der Waals surface area contributed by atoms with Gasteiger partial charge in [0.15, 0.2) is 0 Å². The Morgan fingerprint density at radius 2 is 1.38 bits per heavy atom. The number of carboxylic acid groups (broad SMARTS) is 1. The number of hydrogen-bond donors (Lipinski definition) is 5. The van der Waals surface area contributed by atoms with Gasteiger partial charge < -0.3 is 30.9 Å². The number of carbonyl (C=O) groups is 1. The molecule has 0 aliphatic rings. The van der Waals surface area contributed by atoms with Gasteiger partial charge in [0.2, 0.25) is 0 Å². The number of aliphatic hydroxyl groups excluding tert-OH is 3. The van der Waals surface area contributed by atoms with Gasteiger partial charge in [-0.3, -0.25) is 0 Å². The van der Waals surface area contributed by atoms with Crippen molar-refractivity contribution in [3.05, 3.63) is 0 Å². The molecule has 98 valence electrons.